The third-order valence-electron chi connectivity index (χ3n) is 3.11. The summed E-state index contributed by atoms with van der Waals surface area (Å²) >= 11 is 7.20. The van der Waals surface area contributed by atoms with Gasteiger partial charge in [0.2, 0.25) is 0 Å². The van der Waals surface area contributed by atoms with E-state index in [9.17, 15) is 0 Å². The maximum absolute atomic E-state index is 5.44. The van der Waals surface area contributed by atoms with E-state index in [2.05, 4.69) is 62.0 Å². The smallest absolute Gasteiger partial charge is 0.144 e. The van der Waals surface area contributed by atoms with Crippen molar-refractivity contribution >= 4 is 53.7 Å². The molecule has 1 heterocycles. The maximum Gasteiger partial charge on any atom is 0.144 e. The Morgan fingerprint density at radius 3 is 2.67 bits per heavy atom. The first kappa shape index (κ1) is 12.1. The number of rotatable bonds is 1. The van der Waals surface area contributed by atoms with Gasteiger partial charge in [-0.3, -0.25) is 0 Å². The van der Waals surface area contributed by atoms with Crippen molar-refractivity contribution in [2.24, 2.45) is 0 Å². The summed E-state index contributed by atoms with van der Waals surface area (Å²) in [5.74, 6) is 0.842. The molecule has 2 nitrogen and oxygen atoms in total. The van der Waals surface area contributed by atoms with E-state index in [4.69, 9.17) is 4.74 Å². The molecule has 0 atom stereocenters. The van der Waals surface area contributed by atoms with Crippen LogP contribution in [0.3, 0.4) is 0 Å². The number of benzene rings is 2. The minimum Gasteiger partial charge on any atom is -0.495 e. The molecule has 2 aromatic carbocycles. The number of aromatic amines is 1. The van der Waals surface area contributed by atoms with Crippen LogP contribution in [0.5, 0.6) is 5.75 Å². The van der Waals surface area contributed by atoms with Crippen LogP contribution in [0.4, 0.5) is 0 Å². The summed E-state index contributed by atoms with van der Waals surface area (Å²) in [5, 5.41) is 2.36. The van der Waals surface area contributed by atoms with Crippen LogP contribution >= 0.6 is 31.9 Å². The third-order valence-corrected chi connectivity index (χ3v) is 5.09. The normalized spacial score (nSPS) is 11.3. The summed E-state index contributed by atoms with van der Waals surface area (Å²) in [6, 6.07) is 8.36. The first-order valence-electron chi connectivity index (χ1n) is 5.56. The summed E-state index contributed by atoms with van der Waals surface area (Å²) in [4.78, 5) is 3.42. The Balaban J connectivity index is 2.58. The number of H-pyrrole nitrogens is 1. The minimum absolute atomic E-state index is 0.842. The molecule has 3 aromatic rings. The summed E-state index contributed by atoms with van der Waals surface area (Å²) in [7, 11) is 1.69. The number of halogens is 2. The van der Waals surface area contributed by atoms with E-state index >= 15 is 0 Å². The second kappa shape index (κ2) is 4.28. The highest BCUT2D eigenvalue weighted by molar-refractivity contribution is 9.13. The van der Waals surface area contributed by atoms with Gasteiger partial charge < -0.3 is 9.72 Å². The first-order valence-corrected chi connectivity index (χ1v) is 7.14. The summed E-state index contributed by atoms with van der Waals surface area (Å²) in [6.45, 7) is 2.10. The molecule has 0 saturated heterocycles. The fourth-order valence-corrected chi connectivity index (χ4v) is 3.18. The summed E-state index contributed by atoms with van der Waals surface area (Å²) < 4.78 is 7.49. The van der Waals surface area contributed by atoms with Crippen LogP contribution in [0.2, 0.25) is 0 Å². The highest BCUT2D eigenvalue weighted by atomic mass is 79.9. The van der Waals surface area contributed by atoms with Crippen LogP contribution in [-0.2, 0) is 0 Å². The van der Waals surface area contributed by atoms with Gasteiger partial charge >= 0.3 is 0 Å². The molecule has 4 heteroatoms. The van der Waals surface area contributed by atoms with Crippen molar-refractivity contribution in [3.63, 3.8) is 0 Å². The molecule has 0 aliphatic rings. The predicted octanol–water partition coefficient (Wildman–Crippen LogP) is 5.16. The predicted molar refractivity (Wildman–Crippen MR) is 82.5 cm³/mol. The van der Waals surface area contributed by atoms with Gasteiger partial charge in [0.05, 0.1) is 12.6 Å². The number of hydrogen-bond acceptors (Lipinski definition) is 1. The van der Waals surface area contributed by atoms with Gasteiger partial charge in [-0.2, -0.15) is 0 Å². The molecule has 3 rings (SSSR count). The van der Waals surface area contributed by atoms with E-state index in [0.29, 0.717) is 0 Å². The average molecular weight is 369 g/mol. The number of fused-ring (bicyclic) bond motifs is 3. The number of nitrogens with one attached hydrogen (secondary N) is 1. The molecule has 0 fully saturated rings. The van der Waals surface area contributed by atoms with E-state index in [1.807, 2.05) is 6.07 Å². The van der Waals surface area contributed by atoms with Crippen LogP contribution in [0.1, 0.15) is 5.56 Å². The molecular formula is C14H11Br2NO. The topological polar surface area (TPSA) is 25.0 Å². The van der Waals surface area contributed by atoms with Crippen molar-refractivity contribution in [1.29, 1.82) is 0 Å². The zero-order chi connectivity index (χ0) is 12.9. The van der Waals surface area contributed by atoms with Crippen molar-refractivity contribution < 1.29 is 4.74 Å². The third kappa shape index (κ3) is 1.67. The molecule has 0 spiro atoms. The van der Waals surface area contributed by atoms with Gasteiger partial charge in [0, 0.05) is 25.2 Å². The van der Waals surface area contributed by atoms with E-state index in [1.165, 1.54) is 10.9 Å². The van der Waals surface area contributed by atoms with Gasteiger partial charge in [-0.25, -0.2) is 0 Å². The summed E-state index contributed by atoms with van der Waals surface area (Å²) in [5.41, 5.74) is 3.38. The van der Waals surface area contributed by atoms with Crippen molar-refractivity contribution in [2.45, 2.75) is 6.92 Å². The van der Waals surface area contributed by atoms with Crippen LogP contribution in [0.25, 0.3) is 21.8 Å². The molecular weight excluding hydrogens is 358 g/mol. The lowest BCUT2D eigenvalue weighted by molar-refractivity contribution is 0.419. The average Bonchev–Trinajstić information content (AvgIpc) is 2.72. The highest BCUT2D eigenvalue weighted by Crippen LogP contribution is 2.41. The lowest BCUT2D eigenvalue weighted by Gasteiger charge is -2.05. The van der Waals surface area contributed by atoms with Crippen LogP contribution in [0.15, 0.2) is 33.2 Å². The van der Waals surface area contributed by atoms with Crippen LogP contribution in [-0.4, -0.2) is 12.1 Å². The fraction of sp³-hybridized carbons (Fsp3) is 0.143. The fourth-order valence-electron chi connectivity index (χ4n) is 2.25. The second-order valence-electron chi connectivity index (χ2n) is 4.30. The van der Waals surface area contributed by atoms with Crippen molar-refractivity contribution in [2.75, 3.05) is 7.11 Å². The molecule has 92 valence electrons. The SMILES string of the molecule is COc1cc(Br)c(Br)c2c1[nH]c1ccc(C)cc12. The van der Waals surface area contributed by atoms with Gasteiger partial charge in [0.15, 0.2) is 0 Å². The summed E-state index contributed by atoms with van der Waals surface area (Å²) in [6.07, 6.45) is 0. The quantitative estimate of drug-likeness (QED) is 0.630. The van der Waals surface area contributed by atoms with Gasteiger partial charge in [-0.1, -0.05) is 11.6 Å². The Morgan fingerprint density at radius 1 is 1.17 bits per heavy atom. The molecule has 0 aliphatic heterocycles. The zero-order valence-electron chi connectivity index (χ0n) is 9.97. The molecule has 18 heavy (non-hydrogen) atoms. The van der Waals surface area contributed by atoms with Gasteiger partial charge in [0.25, 0.3) is 0 Å². The lowest BCUT2D eigenvalue weighted by atomic mass is 10.1. The van der Waals surface area contributed by atoms with E-state index < -0.39 is 0 Å². The molecule has 0 unspecified atom stereocenters. The van der Waals surface area contributed by atoms with Crippen molar-refractivity contribution in [3.05, 3.63) is 38.8 Å². The Labute approximate surface area is 122 Å². The molecule has 1 N–H and O–H groups in total. The number of hydrogen-bond donors (Lipinski definition) is 1. The second-order valence-corrected chi connectivity index (χ2v) is 5.95. The minimum atomic E-state index is 0.842. The Kier molecular flexibility index (Phi) is 2.87. The van der Waals surface area contributed by atoms with Crippen LogP contribution in [0, 0.1) is 6.92 Å². The zero-order valence-corrected chi connectivity index (χ0v) is 13.1. The van der Waals surface area contributed by atoms with Crippen molar-refractivity contribution in [3.8, 4) is 5.75 Å². The monoisotopic (exact) mass is 367 g/mol. The van der Waals surface area contributed by atoms with E-state index in [1.54, 1.807) is 7.11 Å². The van der Waals surface area contributed by atoms with Crippen molar-refractivity contribution in [1.82, 2.24) is 4.98 Å². The lowest BCUT2D eigenvalue weighted by Crippen LogP contribution is -1.85. The Bertz CT molecular complexity index is 761. The number of aromatic nitrogens is 1. The highest BCUT2D eigenvalue weighted by Gasteiger charge is 2.14. The standard InChI is InChI=1S/C14H11Br2NO/c1-7-3-4-10-8(5-7)12-13(16)9(15)6-11(18-2)14(12)17-10/h3-6,17H,1-2H3. The molecule has 0 bridgehead atoms. The Morgan fingerprint density at radius 2 is 1.94 bits per heavy atom. The molecule has 0 aliphatic carbocycles. The number of methoxy groups -OCH3 is 1. The van der Waals surface area contributed by atoms with E-state index in [-0.39, 0.29) is 0 Å². The van der Waals surface area contributed by atoms with E-state index in [0.717, 1.165) is 31.1 Å². The molecule has 0 amide bonds. The van der Waals surface area contributed by atoms with Gasteiger partial charge in [0.1, 0.15) is 5.75 Å². The number of ether oxygens (including phenoxy) is 1. The molecule has 0 saturated carbocycles. The molecule has 1 aromatic heterocycles. The first-order chi connectivity index (χ1) is 8.61. The van der Waals surface area contributed by atoms with Crippen LogP contribution < -0.4 is 4.74 Å². The van der Waals surface area contributed by atoms with Gasteiger partial charge in [-0.15, -0.1) is 0 Å². The number of aryl methyl sites for hydroxylation is 1. The Hall–Kier alpha value is -1.00. The van der Waals surface area contributed by atoms with Gasteiger partial charge in [-0.05, 0) is 57.0 Å². The maximum atomic E-state index is 5.44. The largest absolute Gasteiger partial charge is 0.495 e. The molecule has 0 radical (unpaired) electrons.